The summed E-state index contributed by atoms with van der Waals surface area (Å²) in [5.74, 6) is 0.657. The highest BCUT2D eigenvalue weighted by Crippen LogP contribution is 2.33. The fourth-order valence-electron chi connectivity index (χ4n) is 2.90. The summed E-state index contributed by atoms with van der Waals surface area (Å²) in [6.07, 6.45) is 2.85. The molecule has 0 aromatic heterocycles. The highest BCUT2D eigenvalue weighted by molar-refractivity contribution is 6.30. The molecular weight excluding hydrogens is 370 g/mol. The van der Waals surface area contributed by atoms with E-state index in [0.29, 0.717) is 12.3 Å². The number of amides is 1. The first-order valence-corrected chi connectivity index (χ1v) is 9.12. The van der Waals surface area contributed by atoms with Gasteiger partial charge >= 0.3 is 5.69 Å². The Bertz CT molecular complexity index is 826. The summed E-state index contributed by atoms with van der Waals surface area (Å²) in [7, 11) is 0. The van der Waals surface area contributed by atoms with Crippen LogP contribution in [0.2, 0.25) is 5.02 Å². The van der Waals surface area contributed by atoms with Crippen molar-refractivity contribution in [2.24, 2.45) is 0 Å². The molecule has 1 unspecified atom stereocenters. The molecule has 1 aliphatic rings. The molecule has 8 heteroatoms. The van der Waals surface area contributed by atoms with Gasteiger partial charge in [-0.15, -0.1) is 0 Å². The Morgan fingerprint density at radius 3 is 2.74 bits per heavy atom. The van der Waals surface area contributed by atoms with Crippen molar-refractivity contribution in [2.75, 3.05) is 6.54 Å². The molecule has 0 spiro atoms. The lowest BCUT2D eigenvalue weighted by Crippen LogP contribution is -2.42. The molecule has 2 N–H and O–H groups in total. The van der Waals surface area contributed by atoms with Gasteiger partial charge in [0, 0.05) is 24.2 Å². The average molecular weight is 390 g/mol. The van der Waals surface area contributed by atoms with Crippen LogP contribution < -0.4 is 15.4 Å². The lowest BCUT2D eigenvalue weighted by Gasteiger charge is -2.15. The first-order valence-electron chi connectivity index (χ1n) is 8.75. The van der Waals surface area contributed by atoms with E-state index in [9.17, 15) is 14.9 Å². The fourth-order valence-corrected chi connectivity index (χ4v) is 3.06. The van der Waals surface area contributed by atoms with Crippen molar-refractivity contribution in [1.29, 1.82) is 0 Å². The van der Waals surface area contributed by atoms with Gasteiger partial charge in [0.1, 0.15) is 5.75 Å². The number of carbonyl (C=O) groups is 1. The maximum atomic E-state index is 11.9. The summed E-state index contributed by atoms with van der Waals surface area (Å²) >= 11 is 5.81. The van der Waals surface area contributed by atoms with Gasteiger partial charge in [-0.3, -0.25) is 14.9 Å². The molecule has 1 fully saturated rings. The number of carbonyl (C=O) groups excluding carboxylic acids is 1. The largest absolute Gasteiger partial charge is 0.450 e. The van der Waals surface area contributed by atoms with Gasteiger partial charge in [-0.1, -0.05) is 23.7 Å². The van der Waals surface area contributed by atoms with E-state index in [2.05, 4.69) is 10.6 Å². The molecule has 0 saturated carbocycles. The van der Waals surface area contributed by atoms with E-state index in [1.165, 1.54) is 12.1 Å². The molecule has 3 rings (SSSR count). The van der Waals surface area contributed by atoms with Crippen LogP contribution >= 0.6 is 11.6 Å². The zero-order chi connectivity index (χ0) is 19.2. The molecule has 1 aliphatic heterocycles. The second-order valence-electron chi connectivity index (χ2n) is 6.34. The van der Waals surface area contributed by atoms with Crippen molar-refractivity contribution in [1.82, 2.24) is 10.6 Å². The van der Waals surface area contributed by atoms with Crippen LogP contribution in [-0.2, 0) is 11.3 Å². The first-order chi connectivity index (χ1) is 13.0. The van der Waals surface area contributed by atoms with E-state index in [1.54, 1.807) is 18.2 Å². The molecule has 7 nitrogen and oxygen atoms in total. The van der Waals surface area contributed by atoms with Crippen molar-refractivity contribution < 1.29 is 14.5 Å². The molecule has 27 heavy (non-hydrogen) atoms. The highest BCUT2D eigenvalue weighted by atomic mass is 35.5. The van der Waals surface area contributed by atoms with Gasteiger partial charge in [0.15, 0.2) is 0 Å². The third-order valence-electron chi connectivity index (χ3n) is 4.36. The van der Waals surface area contributed by atoms with Crippen LogP contribution in [0, 0.1) is 10.1 Å². The molecule has 1 amide bonds. The molecule has 0 aliphatic carbocycles. The Hall–Kier alpha value is -2.64. The van der Waals surface area contributed by atoms with Gasteiger partial charge < -0.3 is 15.4 Å². The fraction of sp³-hybridized carbons (Fsp3) is 0.316. The Morgan fingerprint density at radius 1 is 1.22 bits per heavy atom. The van der Waals surface area contributed by atoms with E-state index in [1.807, 2.05) is 12.1 Å². The molecule has 0 radical (unpaired) electrons. The summed E-state index contributed by atoms with van der Waals surface area (Å²) in [5.41, 5.74) is 0.803. The molecular formula is C19H20ClN3O4. The molecule has 2 aromatic rings. The summed E-state index contributed by atoms with van der Waals surface area (Å²) in [6.45, 7) is 1.29. The second-order valence-corrected chi connectivity index (χ2v) is 6.77. The van der Waals surface area contributed by atoms with Crippen LogP contribution in [0.3, 0.4) is 0 Å². The van der Waals surface area contributed by atoms with Crippen molar-refractivity contribution in [3.8, 4) is 11.5 Å². The maximum Gasteiger partial charge on any atom is 0.313 e. The van der Waals surface area contributed by atoms with Gasteiger partial charge in [-0.25, -0.2) is 0 Å². The summed E-state index contributed by atoms with van der Waals surface area (Å²) in [5, 5.41) is 17.6. The lowest BCUT2D eigenvalue weighted by atomic mass is 10.1. The van der Waals surface area contributed by atoms with Crippen molar-refractivity contribution in [3.05, 3.63) is 63.2 Å². The van der Waals surface area contributed by atoms with Crippen LogP contribution in [0.5, 0.6) is 11.5 Å². The minimum Gasteiger partial charge on any atom is -0.450 e. The number of ether oxygens (including phenoxy) is 1. The Kier molecular flexibility index (Phi) is 6.26. The van der Waals surface area contributed by atoms with E-state index >= 15 is 0 Å². The van der Waals surface area contributed by atoms with Crippen molar-refractivity contribution in [3.63, 3.8) is 0 Å². The number of hydrogen-bond acceptors (Lipinski definition) is 5. The Balaban J connectivity index is 1.62. The van der Waals surface area contributed by atoms with Crippen LogP contribution in [0.4, 0.5) is 5.69 Å². The van der Waals surface area contributed by atoms with E-state index in [4.69, 9.17) is 16.3 Å². The monoisotopic (exact) mass is 389 g/mol. The minimum atomic E-state index is -0.530. The quantitative estimate of drug-likeness (QED) is 0.579. The van der Waals surface area contributed by atoms with Gasteiger partial charge in [-0.05, 0) is 49.1 Å². The SMILES string of the molecule is O=C1NCCCCC1NCc1ccc(Oc2ccc(Cl)cc2[N+](=O)[O-])cc1. The summed E-state index contributed by atoms with van der Waals surface area (Å²) in [4.78, 5) is 22.5. The van der Waals surface area contributed by atoms with E-state index in [-0.39, 0.29) is 28.4 Å². The third-order valence-corrected chi connectivity index (χ3v) is 4.59. The minimum absolute atomic E-state index is 0.0440. The Labute approximate surface area is 161 Å². The molecule has 2 aromatic carbocycles. The number of benzene rings is 2. The molecule has 1 saturated heterocycles. The van der Waals surface area contributed by atoms with Crippen LogP contribution in [0.25, 0.3) is 0 Å². The number of rotatable bonds is 6. The predicted octanol–water partition coefficient (Wildman–Crippen LogP) is 3.80. The predicted molar refractivity (Wildman–Crippen MR) is 102 cm³/mol. The van der Waals surface area contributed by atoms with Crippen molar-refractivity contribution in [2.45, 2.75) is 31.8 Å². The maximum absolute atomic E-state index is 11.9. The highest BCUT2D eigenvalue weighted by Gasteiger charge is 2.20. The number of nitro benzene ring substituents is 1. The van der Waals surface area contributed by atoms with E-state index < -0.39 is 4.92 Å². The van der Waals surface area contributed by atoms with Crippen molar-refractivity contribution >= 4 is 23.2 Å². The number of hydrogen-bond donors (Lipinski definition) is 2. The lowest BCUT2D eigenvalue weighted by molar-refractivity contribution is -0.385. The normalized spacial score (nSPS) is 17.1. The summed E-state index contributed by atoms with van der Waals surface area (Å²) in [6, 6.07) is 11.3. The smallest absolute Gasteiger partial charge is 0.313 e. The second kappa shape index (κ2) is 8.83. The van der Waals surface area contributed by atoms with Crippen LogP contribution in [0.1, 0.15) is 24.8 Å². The molecule has 1 heterocycles. The first kappa shape index (κ1) is 19.1. The van der Waals surface area contributed by atoms with E-state index in [0.717, 1.165) is 31.4 Å². The number of nitro groups is 1. The third kappa shape index (κ3) is 5.18. The standard InChI is InChI=1S/C19H20ClN3O4/c20-14-6-9-18(17(11-14)23(25)26)27-15-7-4-13(5-8-15)12-22-16-3-1-2-10-21-19(16)24/h4-9,11,16,22H,1-3,10,12H2,(H,21,24). The molecule has 0 bridgehead atoms. The average Bonchev–Trinajstić information content (AvgIpc) is 2.86. The van der Waals surface area contributed by atoms with Crippen LogP contribution in [-0.4, -0.2) is 23.4 Å². The van der Waals surface area contributed by atoms with Gasteiger partial charge in [0.2, 0.25) is 11.7 Å². The van der Waals surface area contributed by atoms with Gasteiger partial charge in [-0.2, -0.15) is 0 Å². The zero-order valence-electron chi connectivity index (χ0n) is 14.6. The zero-order valence-corrected chi connectivity index (χ0v) is 15.4. The van der Waals surface area contributed by atoms with Crippen LogP contribution in [0.15, 0.2) is 42.5 Å². The van der Waals surface area contributed by atoms with Gasteiger partial charge in [0.05, 0.1) is 11.0 Å². The van der Waals surface area contributed by atoms with Gasteiger partial charge in [0.25, 0.3) is 0 Å². The number of nitrogens with zero attached hydrogens (tertiary/aromatic N) is 1. The summed E-state index contributed by atoms with van der Waals surface area (Å²) < 4.78 is 5.62. The number of nitrogens with one attached hydrogen (secondary N) is 2. The molecule has 1 atom stereocenters. The Morgan fingerprint density at radius 2 is 2.00 bits per heavy atom. The number of halogens is 1. The topological polar surface area (TPSA) is 93.5 Å². The molecule has 142 valence electrons.